The van der Waals surface area contributed by atoms with Gasteiger partial charge in [0.15, 0.2) is 0 Å². The van der Waals surface area contributed by atoms with Crippen LogP contribution in [0.25, 0.3) is 5.69 Å². The van der Waals surface area contributed by atoms with Gasteiger partial charge in [-0.25, -0.2) is 0 Å². The van der Waals surface area contributed by atoms with Gasteiger partial charge in [-0.3, -0.25) is 0 Å². The Balaban J connectivity index is 1.75. The zero-order chi connectivity index (χ0) is 21.9. The monoisotopic (exact) mass is 498 g/mol. The van der Waals surface area contributed by atoms with Gasteiger partial charge in [0.1, 0.15) is 0 Å². The van der Waals surface area contributed by atoms with E-state index in [2.05, 4.69) is 131 Å². The molecule has 0 N–H and O–H groups in total. The van der Waals surface area contributed by atoms with Crippen molar-refractivity contribution in [1.29, 1.82) is 0 Å². The van der Waals surface area contributed by atoms with E-state index in [1.165, 1.54) is 15.9 Å². The molecule has 2 nitrogen and oxygen atoms in total. The summed E-state index contributed by atoms with van der Waals surface area (Å²) in [4.78, 5) is 0. The number of hydrogen-bond donors (Lipinski definition) is 0. The molecule has 0 aliphatic heterocycles. The van der Waals surface area contributed by atoms with Crippen LogP contribution in [-0.2, 0) is 6.16 Å². The third-order valence-electron chi connectivity index (χ3n) is 6.01. The Morgan fingerprint density at radius 2 is 0.969 bits per heavy atom. The summed E-state index contributed by atoms with van der Waals surface area (Å²) in [5, 5.41) is 5.86. The molecule has 0 radical (unpaired) electrons. The molecule has 0 amide bonds. The molecule has 0 aliphatic rings. The van der Waals surface area contributed by atoms with E-state index in [1.54, 1.807) is 0 Å². The Morgan fingerprint density at radius 3 is 1.41 bits per heavy atom. The molecule has 32 heavy (non-hydrogen) atoms. The predicted octanol–water partition coefficient (Wildman–Crippen LogP) is 6.21. The molecule has 0 fully saturated rings. The molecule has 4 aromatic carbocycles. The fraction of sp³-hybridized carbons (Fsp3) is 0.0357. The van der Waals surface area contributed by atoms with Crippen molar-refractivity contribution in [2.24, 2.45) is 0 Å². The van der Waals surface area contributed by atoms with Crippen LogP contribution < -0.4 is 15.9 Å². The first-order valence-corrected chi connectivity index (χ1v) is 15.1. The van der Waals surface area contributed by atoms with Gasteiger partial charge >= 0.3 is 198 Å². The van der Waals surface area contributed by atoms with E-state index in [0.717, 1.165) is 17.5 Å². The summed E-state index contributed by atoms with van der Waals surface area (Å²) in [6.45, 7) is 0. The summed E-state index contributed by atoms with van der Waals surface area (Å²) in [5.41, 5.74) is 2.12. The minimum atomic E-state index is -3.03. The van der Waals surface area contributed by atoms with Crippen LogP contribution in [0.4, 0.5) is 0 Å². The average Bonchev–Trinajstić information content (AvgIpc) is 3.34. The van der Waals surface area contributed by atoms with E-state index in [0.29, 0.717) is 0 Å². The van der Waals surface area contributed by atoms with Gasteiger partial charge in [-0.1, -0.05) is 0 Å². The molecule has 5 aromatic rings. The Kier molecular flexibility index (Phi) is 5.55. The maximum atomic E-state index is 5.01. The van der Waals surface area contributed by atoms with Crippen LogP contribution in [0, 0.1) is 0 Å². The molecule has 0 atom stereocenters. The van der Waals surface area contributed by atoms with Crippen molar-refractivity contribution in [3.05, 3.63) is 139 Å². The molecule has 158 valence electrons. The number of aromatic nitrogens is 2. The van der Waals surface area contributed by atoms with Crippen LogP contribution in [0.5, 0.6) is 0 Å². The Bertz CT molecular complexity index is 1200. The number of benzene rings is 4. The fourth-order valence-electron chi connectivity index (χ4n) is 4.41. The van der Waals surface area contributed by atoms with Gasteiger partial charge < -0.3 is 0 Å². The topological polar surface area (TPSA) is 17.8 Å². The molecule has 5 rings (SSSR count). The molecule has 0 saturated carbocycles. The number of rotatable bonds is 6. The normalized spacial score (nSPS) is 12.7. The first-order chi connectivity index (χ1) is 15.7. The molecular formula is C28H24BrN2P. The number of hydrogen-bond acceptors (Lipinski definition) is 1. The quantitative estimate of drug-likeness (QED) is 0.254. The van der Waals surface area contributed by atoms with Crippen molar-refractivity contribution in [1.82, 2.24) is 9.78 Å². The van der Waals surface area contributed by atoms with E-state index < -0.39 is 5.31 Å². The number of para-hydroxylation sites is 1. The summed E-state index contributed by atoms with van der Waals surface area (Å²) < 4.78 is 1.96. The summed E-state index contributed by atoms with van der Waals surface area (Å²) >= 11 is 4.50. The van der Waals surface area contributed by atoms with Gasteiger partial charge in [0, 0.05) is 0 Å². The van der Waals surface area contributed by atoms with Crippen LogP contribution >= 0.6 is 20.8 Å². The van der Waals surface area contributed by atoms with Crippen molar-refractivity contribution in [3.63, 3.8) is 0 Å². The summed E-state index contributed by atoms with van der Waals surface area (Å²) in [6.07, 6.45) is 2.84. The van der Waals surface area contributed by atoms with Gasteiger partial charge in [0.05, 0.1) is 0 Å². The van der Waals surface area contributed by atoms with E-state index in [-0.39, 0.29) is 0 Å². The second-order valence-corrected chi connectivity index (χ2v) is 16.9. The van der Waals surface area contributed by atoms with Gasteiger partial charge in [0.25, 0.3) is 0 Å². The van der Waals surface area contributed by atoms with Crippen LogP contribution in [-0.4, -0.2) is 9.78 Å². The summed E-state index contributed by atoms with van der Waals surface area (Å²) in [7, 11) is 0. The number of halogens is 1. The molecule has 4 heteroatoms. The van der Waals surface area contributed by atoms with E-state index in [9.17, 15) is 0 Å². The van der Waals surface area contributed by atoms with Gasteiger partial charge in [-0.2, -0.15) is 0 Å². The predicted molar refractivity (Wildman–Crippen MR) is 141 cm³/mol. The molecule has 1 heterocycles. The SMILES string of the molecule is BrP(Cc1ccn(-c2ccccc2)n1)(c1ccccc1)(c1ccccc1)c1ccccc1. The first-order valence-electron chi connectivity index (χ1n) is 10.7. The summed E-state index contributed by atoms with van der Waals surface area (Å²) in [5.74, 6) is 0. The van der Waals surface area contributed by atoms with Gasteiger partial charge in [-0.05, 0) is 0 Å². The Labute approximate surface area is 197 Å². The number of nitrogens with zero attached hydrogens (tertiary/aromatic N) is 2. The summed E-state index contributed by atoms with van der Waals surface area (Å²) in [6, 6.07) is 44.9. The zero-order valence-corrected chi connectivity index (χ0v) is 20.1. The molecular weight excluding hydrogens is 475 g/mol. The molecule has 1 aromatic heterocycles. The molecule has 0 unspecified atom stereocenters. The van der Waals surface area contributed by atoms with Crippen molar-refractivity contribution in [3.8, 4) is 5.69 Å². The molecule has 0 bridgehead atoms. The van der Waals surface area contributed by atoms with Crippen molar-refractivity contribution in [2.75, 3.05) is 0 Å². The van der Waals surface area contributed by atoms with E-state index >= 15 is 0 Å². The van der Waals surface area contributed by atoms with Gasteiger partial charge in [0.2, 0.25) is 0 Å². The van der Waals surface area contributed by atoms with E-state index in [1.807, 2.05) is 22.9 Å². The standard InChI is InChI=1S/C28H24BrN2P/c29-32(26-15-7-2-8-16-26,27-17-9-3-10-18-27,28-19-11-4-12-20-28)23-24-21-22-31(30-24)25-13-5-1-6-14-25/h1-22H,23H2. The first kappa shape index (κ1) is 20.9. The average molecular weight is 499 g/mol. The van der Waals surface area contributed by atoms with Crippen LogP contribution in [0.1, 0.15) is 5.69 Å². The van der Waals surface area contributed by atoms with Crippen LogP contribution in [0.3, 0.4) is 0 Å². The van der Waals surface area contributed by atoms with E-state index in [4.69, 9.17) is 5.10 Å². The van der Waals surface area contributed by atoms with Crippen molar-refractivity contribution >= 4 is 36.7 Å². The van der Waals surface area contributed by atoms with Crippen LogP contribution in [0.2, 0.25) is 0 Å². The molecule has 0 spiro atoms. The third-order valence-corrected chi connectivity index (χ3v) is 15.5. The van der Waals surface area contributed by atoms with Crippen molar-refractivity contribution < 1.29 is 0 Å². The second kappa shape index (κ2) is 8.50. The van der Waals surface area contributed by atoms with Crippen molar-refractivity contribution in [2.45, 2.75) is 6.16 Å². The molecule has 0 aliphatic carbocycles. The van der Waals surface area contributed by atoms with Gasteiger partial charge in [-0.15, -0.1) is 0 Å². The third kappa shape index (κ3) is 3.52. The Morgan fingerprint density at radius 1 is 0.562 bits per heavy atom. The van der Waals surface area contributed by atoms with Crippen LogP contribution in [0.15, 0.2) is 134 Å². The maximum absolute atomic E-state index is 5.01. The fourth-order valence-corrected chi connectivity index (χ4v) is 11.9. The minimum absolute atomic E-state index is 0.781. The second-order valence-electron chi connectivity index (χ2n) is 7.93. The molecule has 0 saturated heterocycles. The zero-order valence-electron chi connectivity index (χ0n) is 17.6. The Hall–Kier alpha value is -3.00.